The van der Waals surface area contributed by atoms with Gasteiger partial charge in [0.1, 0.15) is 0 Å². The number of aryl methyl sites for hydroxylation is 2. The summed E-state index contributed by atoms with van der Waals surface area (Å²) in [5, 5.41) is 5.46. The number of sulfonamides is 1. The fourth-order valence-corrected chi connectivity index (χ4v) is 4.16. The summed E-state index contributed by atoms with van der Waals surface area (Å²) in [6, 6.07) is 15.1. The van der Waals surface area contributed by atoms with Crippen molar-refractivity contribution in [3.05, 3.63) is 82.1 Å². The average molecular weight is 546 g/mol. The number of anilines is 2. The Labute approximate surface area is 205 Å². The Morgan fingerprint density at radius 2 is 1.61 bits per heavy atom. The lowest BCUT2D eigenvalue weighted by Crippen LogP contribution is -2.32. The van der Waals surface area contributed by atoms with Crippen LogP contribution in [0.25, 0.3) is 6.08 Å². The van der Waals surface area contributed by atoms with Crippen LogP contribution in [0.4, 0.5) is 11.6 Å². The molecule has 170 valence electrons. The van der Waals surface area contributed by atoms with E-state index < -0.39 is 15.9 Å². The number of aromatic nitrogens is 2. The second-order valence-corrected chi connectivity index (χ2v) is 9.94. The number of carbonyl (C=O) groups is 1. The second kappa shape index (κ2) is 10.6. The SMILES string of the molecule is Cc1cc(C)nc(NS(=O)(=O)c2ccc(NC(=S)NC(=O)/C=C/c3ccc(Br)cc3)cc2)n1. The molecule has 8 nitrogen and oxygen atoms in total. The number of hydrogen-bond donors (Lipinski definition) is 3. The summed E-state index contributed by atoms with van der Waals surface area (Å²) in [6.45, 7) is 3.51. The number of rotatable bonds is 6. The van der Waals surface area contributed by atoms with E-state index in [1.54, 1.807) is 26.0 Å². The number of benzene rings is 2. The van der Waals surface area contributed by atoms with Gasteiger partial charge in [0.15, 0.2) is 5.11 Å². The van der Waals surface area contributed by atoms with Crippen molar-refractivity contribution in [3.63, 3.8) is 0 Å². The summed E-state index contributed by atoms with van der Waals surface area (Å²) in [5.41, 5.74) is 2.69. The molecule has 0 aliphatic heterocycles. The maximum absolute atomic E-state index is 12.6. The topological polar surface area (TPSA) is 113 Å². The molecule has 11 heteroatoms. The summed E-state index contributed by atoms with van der Waals surface area (Å²) in [7, 11) is -3.86. The van der Waals surface area contributed by atoms with E-state index in [1.165, 1.54) is 30.3 Å². The van der Waals surface area contributed by atoms with Gasteiger partial charge in [0.2, 0.25) is 11.9 Å². The van der Waals surface area contributed by atoms with Crippen LogP contribution in [-0.4, -0.2) is 29.4 Å². The first-order chi connectivity index (χ1) is 15.6. The van der Waals surface area contributed by atoms with E-state index in [2.05, 4.69) is 41.3 Å². The number of hydrogen-bond acceptors (Lipinski definition) is 6. The molecule has 0 aliphatic carbocycles. The molecule has 0 unspecified atom stereocenters. The molecule has 2 aromatic carbocycles. The lowest BCUT2D eigenvalue weighted by Gasteiger charge is -2.10. The minimum absolute atomic E-state index is 0.00906. The second-order valence-electron chi connectivity index (χ2n) is 6.93. The minimum atomic E-state index is -3.86. The zero-order chi connectivity index (χ0) is 24.0. The summed E-state index contributed by atoms with van der Waals surface area (Å²) in [6.07, 6.45) is 3.03. The highest BCUT2D eigenvalue weighted by Gasteiger charge is 2.16. The molecule has 0 radical (unpaired) electrons. The third kappa shape index (κ3) is 7.45. The summed E-state index contributed by atoms with van der Waals surface area (Å²) in [4.78, 5) is 20.3. The summed E-state index contributed by atoms with van der Waals surface area (Å²) < 4.78 is 28.5. The van der Waals surface area contributed by atoms with Gasteiger partial charge in [-0.15, -0.1) is 0 Å². The van der Waals surface area contributed by atoms with Crippen LogP contribution in [0, 0.1) is 13.8 Å². The number of amides is 1. The van der Waals surface area contributed by atoms with Crippen LogP contribution in [0.5, 0.6) is 0 Å². The normalized spacial score (nSPS) is 11.2. The molecule has 0 spiro atoms. The Kier molecular flexibility index (Phi) is 7.90. The summed E-state index contributed by atoms with van der Waals surface area (Å²) >= 11 is 8.50. The number of thiocarbonyl (C=S) groups is 1. The molecule has 0 aliphatic rings. The molecule has 0 fully saturated rings. The Hall–Kier alpha value is -3.15. The highest BCUT2D eigenvalue weighted by atomic mass is 79.9. The molecule has 0 bridgehead atoms. The van der Waals surface area contributed by atoms with Crippen molar-refractivity contribution < 1.29 is 13.2 Å². The van der Waals surface area contributed by atoms with Gasteiger partial charge in [-0.25, -0.2) is 23.1 Å². The molecule has 0 saturated carbocycles. The lowest BCUT2D eigenvalue weighted by atomic mass is 10.2. The van der Waals surface area contributed by atoms with Crippen molar-refractivity contribution >= 4 is 66.9 Å². The number of halogens is 1. The van der Waals surface area contributed by atoms with Crippen LogP contribution < -0.4 is 15.4 Å². The van der Waals surface area contributed by atoms with E-state index in [9.17, 15) is 13.2 Å². The van der Waals surface area contributed by atoms with Gasteiger partial charge in [0, 0.05) is 27.6 Å². The Balaban J connectivity index is 1.58. The molecule has 3 rings (SSSR count). The molecular formula is C22H20BrN5O3S2. The monoisotopic (exact) mass is 545 g/mol. The van der Waals surface area contributed by atoms with Gasteiger partial charge in [0.25, 0.3) is 10.0 Å². The van der Waals surface area contributed by atoms with Crippen LogP contribution in [-0.2, 0) is 14.8 Å². The maximum Gasteiger partial charge on any atom is 0.264 e. The largest absolute Gasteiger partial charge is 0.332 e. The van der Waals surface area contributed by atoms with Crippen molar-refractivity contribution in [2.75, 3.05) is 10.0 Å². The molecule has 33 heavy (non-hydrogen) atoms. The van der Waals surface area contributed by atoms with Crippen LogP contribution in [0.15, 0.2) is 70.0 Å². The van der Waals surface area contributed by atoms with Gasteiger partial charge in [-0.05, 0) is 80.2 Å². The van der Waals surface area contributed by atoms with E-state index in [4.69, 9.17) is 12.2 Å². The standard InChI is InChI=1S/C22H20BrN5O3S2/c1-14-13-15(2)25-21(24-14)28-33(30,31)19-10-8-18(9-11-19)26-22(32)27-20(29)12-5-16-3-6-17(23)7-4-16/h3-13H,1-2H3,(H,24,25,28)(H2,26,27,29,32)/b12-5+. The van der Waals surface area contributed by atoms with Crippen molar-refractivity contribution in [2.45, 2.75) is 18.7 Å². The molecule has 1 amide bonds. The van der Waals surface area contributed by atoms with Gasteiger partial charge in [-0.1, -0.05) is 28.1 Å². The molecule has 0 saturated heterocycles. The van der Waals surface area contributed by atoms with Crippen LogP contribution in [0.1, 0.15) is 17.0 Å². The fraction of sp³-hybridized carbons (Fsp3) is 0.0909. The average Bonchev–Trinajstić information content (AvgIpc) is 2.72. The predicted molar refractivity (Wildman–Crippen MR) is 136 cm³/mol. The van der Waals surface area contributed by atoms with Crippen molar-refractivity contribution in [1.29, 1.82) is 0 Å². The van der Waals surface area contributed by atoms with Crippen molar-refractivity contribution in [2.24, 2.45) is 0 Å². The van der Waals surface area contributed by atoms with Gasteiger partial charge < -0.3 is 5.32 Å². The first kappa shape index (κ1) is 24.5. The lowest BCUT2D eigenvalue weighted by molar-refractivity contribution is -0.115. The van der Waals surface area contributed by atoms with E-state index in [1.807, 2.05) is 24.3 Å². The van der Waals surface area contributed by atoms with Gasteiger partial charge in [0.05, 0.1) is 4.90 Å². The first-order valence-electron chi connectivity index (χ1n) is 9.61. The van der Waals surface area contributed by atoms with Crippen molar-refractivity contribution in [3.8, 4) is 0 Å². The Morgan fingerprint density at radius 3 is 2.21 bits per heavy atom. The summed E-state index contributed by atoms with van der Waals surface area (Å²) in [5.74, 6) is -0.387. The van der Waals surface area contributed by atoms with E-state index >= 15 is 0 Å². The number of nitrogens with zero attached hydrogens (tertiary/aromatic N) is 2. The minimum Gasteiger partial charge on any atom is -0.332 e. The molecule has 3 N–H and O–H groups in total. The first-order valence-corrected chi connectivity index (χ1v) is 12.3. The number of carbonyl (C=O) groups excluding carboxylic acids is 1. The van der Waals surface area contributed by atoms with Crippen molar-refractivity contribution in [1.82, 2.24) is 15.3 Å². The van der Waals surface area contributed by atoms with Gasteiger partial charge in [-0.3, -0.25) is 10.1 Å². The quantitative estimate of drug-likeness (QED) is 0.314. The zero-order valence-electron chi connectivity index (χ0n) is 17.7. The fourth-order valence-electron chi connectivity index (χ4n) is 2.73. The molecule has 1 heterocycles. The number of nitrogens with one attached hydrogen (secondary N) is 3. The third-order valence-electron chi connectivity index (χ3n) is 4.16. The van der Waals surface area contributed by atoms with Crippen LogP contribution >= 0.6 is 28.1 Å². The van der Waals surface area contributed by atoms with E-state index in [0.29, 0.717) is 17.1 Å². The maximum atomic E-state index is 12.6. The zero-order valence-corrected chi connectivity index (χ0v) is 20.9. The third-order valence-corrected chi connectivity index (χ3v) is 6.24. The van der Waals surface area contributed by atoms with Crippen LogP contribution in [0.2, 0.25) is 0 Å². The highest BCUT2D eigenvalue weighted by Crippen LogP contribution is 2.17. The highest BCUT2D eigenvalue weighted by molar-refractivity contribution is 9.10. The van der Waals surface area contributed by atoms with Gasteiger partial charge >= 0.3 is 0 Å². The Morgan fingerprint density at radius 1 is 1.00 bits per heavy atom. The van der Waals surface area contributed by atoms with E-state index in [0.717, 1.165) is 10.0 Å². The van der Waals surface area contributed by atoms with Gasteiger partial charge in [-0.2, -0.15) is 0 Å². The molecular weight excluding hydrogens is 526 g/mol. The smallest absolute Gasteiger partial charge is 0.264 e. The Bertz CT molecular complexity index is 1290. The predicted octanol–water partition coefficient (Wildman–Crippen LogP) is 4.18. The molecule has 3 aromatic rings. The molecule has 1 aromatic heterocycles. The van der Waals surface area contributed by atoms with Crippen LogP contribution in [0.3, 0.4) is 0 Å². The molecule has 0 atom stereocenters. The van der Waals surface area contributed by atoms with E-state index in [-0.39, 0.29) is 16.0 Å².